The molecule has 27 heavy (non-hydrogen) atoms. The highest BCUT2D eigenvalue weighted by molar-refractivity contribution is 7.10. The van der Waals surface area contributed by atoms with Crippen LogP contribution in [-0.2, 0) is 16.0 Å². The lowest BCUT2D eigenvalue weighted by Gasteiger charge is -2.28. The maximum atomic E-state index is 12.8. The van der Waals surface area contributed by atoms with Crippen LogP contribution in [0.25, 0.3) is 0 Å². The third-order valence-corrected chi connectivity index (χ3v) is 5.70. The maximum Gasteiger partial charge on any atom is 0.245 e. The van der Waals surface area contributed by atoms with Gasteiger partial charge >= 0.3 is 0 Å². The van der Waals surface area contributed by atoms with Gasteiger partial charge in [-0.15, -0.1) is 11.3 Å². The van der Waals surface area contributed by atoms with Crippen LogP contribution in [0.5, 0.6) is 5.75 Å². The van der Waals surface area contributed by atoms with Gasteiger partial charge in [0.2, 0.25) is 11.8 Å². The van der Waals surface area contributed by atoms with E-state index in [2.05, 4.69) is 0 Å². The van der Waals surface area contributed by atoms with Crippen molar-refractivity contribution in [3.05, 3.63) is 52.2 Å². The van der Waals surface area contributed by atoms with E-state index in [1.165, 1.54) is 0 Å². The highest BCUT2D eigenvalue weighted by Crippen LogP contribution is 2.21. The Balaban J connectivity index is 1.51. The summed E-state index contributed by atoms with van der Waals surface area (Å²) in [5.74, 6) is 0.849. The number of likely N-dealkylation sites (N-methyl/N-ethyl adjacent to an activating group) is 1. The summed E-state index contributed by atoms with van der Waals surface area (Å²) in [5, 5.41) is 1.97. The third kappa shape index (κ3) is 5.10. The molecule has 2 heterocycles. The summed E-state index contributed by atoms with van der Waals surface area (Å²) in [5.41, 5.74) is 1.14. The van der Waals surface area contributed by atoms with E-state index in [4.69, 9.17) is 4.74 Å². The quantitative estimate of drug-likeness (QED) is 0.735. The minimum atomic E-state index is -0.346. The minimum Gasteiger partial charge on any atom is -0.492 e. The van der Waals surface area contributed by atoms with E-state index < -0.39 is 0 Å². The number of likely N-dealkylation sites (tertiary alicyclic amines) is 1. The van der Waals surface area contributed by atoms with Crippen LogP contribution in [0.15, 0.2) is 41.8 Å². The number of aryl methyl sites for hydroxylation is 1. The van der Waals surface area contributed by atoms with E-state index in [0.29, 0.717) is 26.1 Å². The van der Waals surface area contributed by atoms with Gasteiger partial charge < -0.3 is 14.5 Å². The van der Waals surface area contributed by atoms with Gasteiger partial charge in [0.05, 0.1) is 13.0 Å². The van der Waals surface area contributed by atoms with Crippen molar-refractivity contribution in [2.24, 2.45) is 0 Å². The van der Waals surface area contributed by atoms with Gasteiger partial charge in [-0.3, -0.25) is 9.59 Å². The summed E-state index contributed by atoms with van der Waals surface area (Å²) in [7, 11) is 1.78. The van der Waals surface area contributed by atoms with E-state index >= 15 is 0 Å². The number of nitrogens with zero attached hydrogens (tertiary/aromatic N) is 2. The van der Waals surface area contributed by atoms with Crippen molar-refractivity contribution in [3.63, 3.8) is 0 Å². The van der Waals surface area contributed by atoms with Crippen LogP contribution in [0.1, 0.15) is 23.3 Å². The molecule has 2 aromatic rings. The first kappa shape index (κ1) is 19.4. The largest absolute Gasteiger partial charge is 0.492 e. The molecule has 1 saturated heterocycles. The number of ether oxygens (including phenoxy) is 1. The second kappa shape index (κ2) is 9.04. The Labute approximate surface area is 164 Å². The Hall–Kier alpha value is -2.34. The van der Waals surface area contributed by atoms with Crippen molar-refractivity contribution in [1.29, 1.82) is 0 Å². The number of hydrogen-bond donors (Lipinski definition) is 0. The first-order valence-corrected chi connectivity index (χ1v) is 10.2. The summed E-state index contributed by atoms with van der Waals surface area (Å²) in [6.45, 7) is 3.61. The zero-order chi connectivity index (χ0) is 19.2. The summed E-state index contributed by atoms with van der Waals surface area (Å²) in [6.07, 6.45) is 1.99. The Morgan fingerprint density at radius 2 is 2.15 bits per heavy atom. The van der Waals surface area contributed by atoms with E-state index in [1.54, 1.807) is 28.2 Å². The Morgan fingerprint density at radius 1 is 1.30 bits per heavy atom. The van der Waals surface area contributed by atoms with Crippen LogP contribution in [0.3, 0.4) is 0 Å². The normalized spacial score (nSPS) is 16.4. The predicted octanol–water partition coefficient (Wildman–Crippen LogP) is 3.13. The van der Waals surface area contributed by atoms with E-state index in [1.807, 2.05) is 48.7 Å². The van der Waals surface area contributed by atoms with E-state index in [0.717, 1.165) is 29.0 Å². The topological polar surface area (TPSA) is 49.9 Å². The van der Waals surface area contributed by atoms with Crippen molar-refractivity contribution in [2.75, 3.05) is 26.7 Å². The Bertz CT molecular complexity index is 775. The van der Waals surface area contributed by atoms with Gasteiger partial charge in [-0.25, -0.2) is 0 Å². The molecule has 0 N–H and O–H groups in total. The van der Waals surface area contributed by atoms with Gasteiger partial charge in [-0.1, -0.05) is 18.2 Å². The van der Waals surface area contributed by atoms with Gasteiger partial charge in [0.1, 0.15) is 18.4 Å². The number of carbonyl (C=O) groups is 2. The van der Waals surface area contributed by atoms with Gasteiger partial charge in [0, 0.05) is 18.5 Å². The van der Waals surface area contributed by atoms with E-state index in [-0.39, 0.29) is 17.9 Å². The van der Waals surface area contributed by atoms with Crippen LogP contribution >= 0.6 is 11.3 Å². The number of carbonyl (C=O) groups excluding carboxylic acids is 2. The lowest BCUT2D eigenvalue weighted by molar-refractivity contribution is -0.142. The van der Waals surface area contributed by atoms with Crippen molar-refractivity contribution in [1.82, 2.24) is 9.80 Å². The first-order valence-electron chi connectivity index (χ1n) is 9.31. The van der Waals surface area contributed by atoms with Crippen LogP contribution in [0, 0.1) is 6.92 Å². The molecule has 0 bridgehead atoms. The highest BCUT2D eigenvalue weighted by Gasteiger charge is 2.35. The number of rotatable bonds is 7. The molecule has 2 amide bonds. The summed E-state index contributed by atoms with van der Waals surface area (Å²) in [4.78, 5) is 29.9. The molecule has 0 radical (unpaired) electrons. The zero-order valence-electron chi connectivity index (χ0n) is 15.9. The molecule has 144 valence electrons. The summed E-state index contributed by atoms with van der Waals surface area (Å²) >= 11 is 1.58. The number of thiophene rings is 1. The second-order valence-electron chi connectivity index (χ2n) is 6.93. The first-order chi connectivity index (χ1) is 13.0. The van der Waals surface area contributed by atoms with Crippen LogP contribution < -0.4 is 4.74 Å². The lowest BCUT2D eigenvalue weighted by Crippen LogP contribution is -2.47. The van der Waals surface area contributed by atoms with Crippen molar-refractivity contribution >= 4 is 23.2 Å². The molecule has 1 fully saturated rings. The SMILES string of the molecule is Cc1cccc(OCCN(C)C(=O)C2CCCN2C(=O)Cc2cccs2)c1. The molecule has 5 nitrogen and oxygen atoms in total. The predicted molar refractivity (Wildman–Crippen MR) is 107 cm³/mol. The third-order valence-electron chi connectivity index (χ3n) is 4.82. The fourth-order valence-corrected chi connectivity index (χ4v) is 4.05. The molecule has 1 unspecified atom stereocenters. The molecule has 6 heteroatoms. The fraction of sp³-hybridized carbons (Fsp3) is 0.429. The second-order valence-corrected chi connectivity index (χ2v) is 7.96. The molecule has 1 aromatic carbocycles. The van der Waals surface area contributed by atoms with Gasteiger partial charge in [0.25, 0.3) is 0 Å². The van der Waals surface area contributed by atoms with Gasteiger partial charge in [-0.2, -0.15) is 0 Å². The van der Waals surface area contributed by atoms with Gasteiger partial charge in [0.15, 0.2) is 0 Å². The fourth-order valence-electron chi connectivity index (χ4n) is 3.36. The molecular formula is C21H26N2O3S. The molecule has 0 saturated carbocycles. The summed E-state index contributed by atoms with van der Waals surface area (Å²) in [6, 6.07) is 11.4. The average molecular weight is 387 g/mol. The summed E-state index contributed by atoms with van der Waals surface area (Å²) < 4.78 is 5.74. The number of benzene rings is 1. The number of hydrogen-bond acceptors (Lipinski definition) is 4. The molecule has 1 aromatic heterocycles. The standard InChI is InChI=1S/C21H26N2O3S/c1-16-6-3-7-17(14-16)26-12-11-22(2)21(25)19-9-4-10-23(19)20(24)15-18-8-5-13-27-18/h3,5-8,13-14,19H,4,9-12,15H2,1-2H3. The monoisotopic (exact) mass is 386 g/mol. The molecule has 0 aliphatic carbocycles. The van der Waals surface area contributed by atoms with E-state index in [9.17, 15) is 9.59 Å². The Kier molecular flexibility index (Phi) is 6.50. The molecular weight excluding hydrogens is 360 g/mol. The molecule has 0 spiro atoms. The van der Waals surface area contributed by atoms with Crippen molar-refractivity contribution < 1.29 is 14.3 Å². The zero-order valence-corrected chi connectivity index (χ0v) is 16.7. The van der Waals surface area contributed by atoms with Crippen LogP contribution in [0.2, 0.25) is 0 Å². The molecule has 1 aliphatic rings. The Morgan fingerprint density at radius 3 is 2.89 bits per heavy atom. The minimum absolute atomic E-state index is 0.000119. The number of amides is 2. The molecule has 1 aliphatic heterocycles. The van der Waals surface area contributed by atoms with Crippen LogP contribution in [-0.4, -0.2) is 54.4 Å². The van der Waals surface area contributed by atoms with Crippen molar-refractivity contribution in [2.45, 2.75) is 32.2 Å². The molecule has 3 rings (SSSR count). The lowest BCUT2D eigenvalue weighted by atomic mass is 10.2. The van der Waals surface area contributed by atoms with Gasteiger partial charge in [-0.05, 0) is 48.9 Å². The highest BCUT2D eigenvalue weighted by atomic mass is 32.1. The molecule has 1 atom stereocenters. The average Bonchev–Trinajstić information content (AvgIpc) is 3.32. The maximum absolute atomic E-state index is 12.8. The smallest absolute Gasteiger partial charge is 0.245 e. The van der Waals surface area contributed by atoms with Crippen LogP contribution in [0.4, 0.5) is 0 Å². The van der Waals surface area contributed by atoms with Crippen molar-refractivity contribution in [3.8, 4) is 5.75 Å².